The van der Waals surface area contributed by atoms with Gasteiger partial charge in [-0.2, -0.15) is 0 Å². The molecule has 0 fully saturated rings. The van der Waals surface area contributed by atoms with Gasteiger partial charge in [-0.15, -0.1) is 0 Å². The van der Waals surface area contributed by atoms with Crippen molar-refractivity contribution in [1.82, 2.24) is 4.23 Å². The molecule has 6 aromatic carbocycles. The maximum absolute atomic E-state index is 2.95. The zero-order chi connectivity index (χ0) is 31.3. The van der Waals surface area contributed by atoms with Crippen LogP contribution in [0.2, 0.25) is 19.6 Å². The van der Waals surface area contributed by atoms with Gasteiger partial charge in [0.15, 0.2) is 8.24 Å². The molecular formula is C42H43NSi2. The van der Waals surface area contributed by atoms with Crippen LogP contribution >= 0.6 is 0 Å². The fourth-order valence-corrected chi connectivity index (χ4v) is 20.4. The summed E-state index contributed by atoms with van der Waals surface area (Å²) in [6, 6.07) is 68.0. The minimum atomic E-state index is -2.89. The fraction of sp³-hybridized carbons (Fsp3) is 0.143. The molecule has 3 heteroatoms. The van der Waals surface area contributed by atoms with Gasteiger partial charge in [0.05, 0.1) is 5.04 Å². The van der Waals surface area contributed by atoms with Crippen molar-refractivity contribution >= 4 is 21.7 Å². The molecule has 0 radical (unpaired) electrons. The Morgan fingerprint density at radius 2 is 0.711 bits per heavy atom. The molecule has 45 heavy (non-hydrogen) atoms. The Bertz CT molecular complexity index is 1640. The highest BCUT2D eigenvalue weighted by molar-refractivity contribution is 6.99. The molecule has 0 aliphatic heterocycles. The van der Waals surface area contributed by atoms with Crippen molar-refractivity contribution in [2.45, 2.75) is 30.2 Å². The average Bonchev–Trinajstić information content (AvgIpc) is 3.11. The van der Waals surface area contributed by atoms with Crippen LogP contribution in [0.3, 0.4) is 0 Å². The van der Waals surface area contributed by atoms with Crippen molar-refractivity contribution < 1.29 is 0 Å². The molecule has 0 amide bonds. The molecule has 0 heterocycles. The topological polar surface area (TPSA) is 3.24 Å². The molecule has 0 aromatic heterocycles. The van der Waals surface area contributed by atoms with Gasteiger partial charge in [-0.25, -0.2) is 0 Å². The fourth-order valence-electron chi connectivity index (χ4n) is 7.86. The van der Waals surface area contributed by atoms with Crippen LogP contribution < -0.4 is 5.19 Å². The van der Waals surface area contributed by atoms with Gasteiger partial charge in [-0.1, -0.05) is 202 Å². The van der Waals surface area contributed by atoms with Crippen molar-refractivity contribution in [2.75, 3.05) is 7.05 Å². The van der Waals surface area contributed by atoms with Gasteiger partial charge in [0, 0.05) is 5.54 Å². The quantitative estimate of drug-likeness (QED) is 0.109. The SMILES string of the molecule is CN([Si](C)(C)c1ccccc1)[Si](C)(C(c1ccccc1)c1ccccc1)C(c1ccccc1)(c1ccccc1)c1ccccc1. The molecule has 6 aromatic rings. The molecule has 0 spiro atoms. The Kier molecular flexibility index (Phi) is 8.86. The number of hydrogen-bond donors (Lipinski definition) is 0. The summed E-state index contributed by atoms with van der Waals surface area (Å²) < 4.78 is 2.95. The summed E-state index contributed by atoms with van der Waals surface area (Å²) in [5.74, 6) is 0. The summed E-state index contributed by atoms with van der Waals surface area (Å²) in [5, 5.41) is 1.02. The molecule has 224 valence electrons. The largest absolute Gasteiger partial charge is 0.343 e. The molecular weight excluding hydrogens is 575 g/mol. The number of nitrogens with zero attached hydrogens (tertiary/aromatic N) is 1. The second-order valence-electron chi connectivity index (χ2n) is 12.7. The molecule has 0 saturated carbocycles. The first-order chi connectivity index (χ1) is 21.9. The van der Waals surface area contributed by atoms with Crippen molar-refractivity contribution in [3.63, 3.8) is 0 Å². The van der Waals surface area contributed by atoms with E-state index in [1.54, 1.807) is 0 Å². The first kappa shape index (κ1) is 30.7. The maximum Gasteiger partial charge on any atom is 0.150 e. The Hall–Kier alpha value is -4.29. The Morgan fingerprint density at radius 1 is 0.422 bits per heavy atom. The van der Waals surface area contributed by atoms with Crippen LogP contribution in [0.1, 0.15) is 33.4 Å². The maximum atomic E-state index is 2.95. The summed E-state index contributed by atoms with van der Waals surface area (Å²) in [6.45, 7) is 7.78. The van der Waals surface area contributed by atoms with Gasteiger partial charge in [0.25, 0.3) is 0 Å². The van der Waals surface area contributed by atoms with E-state index in [9.17, 15) is 0 Å². The van der Waals surface area contributed by atoms with Crippen LogP contribution in [0, 0.1) is 0 Å². The van der Waals surface area contributed by atoms with Crippen LogP contribution in [0.25, 0.3) is 0 Å². The number of rotatable bonds is 10. The van der Waals surface area contributed by atoms with Crippen molar-refractivity contribution in [2.24, 2.45) is 0 Å². The average molecular weight is 618 g/mol. The van der Waals surface area contributed by atoms with Gasteiger partial charge in [-0.3, -0.25) is 0 Å². The third kappa shape index (κ3) is 5.35. The minimum Gasteiger partial charge on any atom is -0.343 e. The Balaban J connectivity index is 1.83. The summed E-state index contributed by atoms with van der Waals surface area (Å²) >= 11 is 0. The van der Waals surface area contributed by atoms with E-state index in [0.29, 0.717) is 0 Å². The van der Waals surface area contributed by atoms with Gasteiger partial charge in [-0.05, 0) is 40.1 Å². The summed E-state index contributed by atoms with van der Waals surface area (Å²) in [6.07, 6.45) is 0. The molecule has 0 aliphatic carbocycles. The lowest BCUT2D eigenvalue weighted by Gasteiger charge is -2.60. The predicted molar refractivity (Wildman–Crippen MR) is 197 cm³/mol. The summed E-state index contributed by atoms with van der Waals surface area (Å²) in [5.41, 5.74) is 6.93. The van der Waals surface area contributed by atoms with Gasteiger partial charge in [0.1, 0.15) is 8.24 Å². The van der Waals surface area contributed by atoms with Crippen LogP contribution in [0.15, 0.2) is 182 Å². The zero-order valence-electron chi connectivity index (χ0n) is 26.8. The summed E-state index contributed by atoms with van der Waals surface area (Å²) in [7, 11) is -2.68. The second kappa shape index (κ2) is 13.0. The first-order valence-corrected chi connectivity index (χ1v) is 21.4. The van der Waals surface area contributed by atoms with Crippen LogP contribution in [-0.4, -0.2) is 27.7 Å². The number of benzene rings is 6. The van der Waals surface area contributed by atoms with E-state index in [1.807, 2.05) is 0 Å². The van der Waals surface area contributed by atoms with Crippen molar-refractivity contribution in [1.29, 1.82) is 0 Å². The van der Waals surface area contributed by atoms with Crippen LogP contribution in [-0.2, 0) is 5.04 Å². The minimum absolute atomic E-state index is 0.154. The highest BCUT2D eigenvalue weighted by atomic mass is 28.4. The van der Waals surface area contributed by atoms with E-state index in [-0.39, 0.29) is 5.54 Å². The van der Waals surface area contributed by atoms with E-state index in [0.717, 1.165) is 0 Å². The lowest BCUT2D eigenvalue weighted by atomic mass is 9.83. The molecule has 1 nitrogen and oxygen atoms in total. The molecule has 6 rings (SSSR count). The molecule has 0 N–H and O–H groups in total. The van der Waals surface area contributed by atoms with Crippen molar-refractivity contribution in [3.8, 4) is 0 Å². The molecule has 0 bridgehead atoms. The van der Waals surface area contributed by atoms with Gasteiger partial charge < -0.3 is 4.23 Å². The molecule has 0 saturated heterocycles. The molecule has 1 atom stereocenters. The van der Waals surface area contributed by atoms with Gasteiger partial charge >= 0.3 is 0 Å². The van der Waals surface area contributed by atoms with Crippen LogP contribution in [0.5, 0.6) is 0 Å². The smallest absolute Gasteiger partial charge is 0.150 e. The number of hydrogen-bond acceptors (Lipinski definition) is 1. The Labute approximate surface area is 272 Å². The standard InChI is InChI=1S/C42H43NSi2/c1-43(44(2,3)40-33-21-10-22-34-40)45(4,41(35-23-11-5-12-24-35)36-25-13-6-14-26-36)42(37-27-15-7-16-28-37,38-29-17-8-18-30-38)39-31-19-9-20-32-39/h5-34,41H,1-4H3. The molecule has 0 aliphatic rings. The third-order valence-corrected chi connectivity index (χ3v) is 22.3. The highest BCUT2D eigenvalue weighted by Gasteiger charge is 2.62. The normalized spacial score (nSPS) is 13.5. The second-order valence-corrected chi connectivity index (χ2v) is 21.8. The van der Waals surface area contributed by atoms with Crippen LogP contribution in [0.4, 0.5) is 0 Å². The highest BCUT2D eigenvalue weighted by Crippen LogP contribution is 2.55. The van der Waals surface area contributed by atoms with E-state index in [1.165, 1.54) is 33.0 Å². The first-order valence-electron chi connectivity index (χ1n) is 16.0. The third-order valence-electron chi connectivity index (χ3n) is 10.2. The van der Waals surface area contributed by atoms with E-state index in [2.05, 4.69) is 213 Å². The van der Waals surface area contributed by atoms with E-state index >= 15 is 0 Å². The van der Waals surface area contributed by atoms with Gasteiger partial charge in [0.2, 0.25) is 0 Å². The van der Waals surface area contributed by atoms with E-state index < -0.39 is 21.5 Å². The predicted octanol–water partition coefficient (Wildman–Crippen LogP) is 9.55. The van der Waals surface area contributed by atoms with Crippen molar-refractivity contribution in [3.05, 3.63) is 210 Å². The lowest BCUT2D eigenvalue weighted by molar-refractivity contribution is 0.639. The molecule has 1 unspecified atom stereocenters. The monoisotopic (exact) mass is 617 g/mol. The lowest BCUT2D eigenvalue weighted by Crippen LogP contribution is -2.76. The zero-order valence-corrected chi connectivity index (χ0v) is 28.8. The Morgan fingerprint density at radius 3 is 1.04 bits per heavy atom. The summed E-state index contributed by atoms with van der Waals surface area (Å²) in [4.78, 5) is 0. The van der Waals surface area contributed by atoms with E-state index in [4.69, 9.17) is 0 Å².